The van der Waals surface area contributed by atoms with E-state index in [4.69, 9.17) is 18.6 Å². The molecular formula is C22H29N3O5. The van der Waals surface area contributed by atoms with Crippen molar-refractivity contribution in [2.45, 2.75) is 38.5 Å². The Labute approximate surface area is 176 Å². The largest absolute Gasteiger partial charge is 0.493 e. The zero-order valence-corrected chi connectivity index (χ0v) is 18.2. The van der Waals surface area contributed by atoms with Crippen LogP contribution >= 0.6 is 0 Å². The lowest BCUT2D eigenvalue weighted by atomic mass is 9.97. The molecule has 1 fully saturated rings. The second-order valence-electron chi connectivity index (χ2n) is 7.52. The van der Waals surface area contributed by atoms with Crippen molar-refractivity contribution >= 4 is 12.0 Å². The van der Waals surface area contributed by atoms with Gasteiger partial charge in [0.05, 0.1) is 21.3 Å². The molecule has 1 aliphatic heterocycles. The summed E-state index contributed by atoms with van der Waals surface area (Å²) in [6.45, 7) is 5.36. The minimum atomic E-state index is -0.0319. The van der Waals surface area contributed by atoms with Crippen LogP contribution in [0.15, 0.2) is 22.6 Å². The van der Waals surface area contributed by atoms with Crippen LogP contribution in [-0.2, 0) is 4.79 Å². The summed E-state index contributed by atoms with van der Waals surface area (Å²) in [5, 5.41) is 8.30. The van der Waals surface area contributed by atoms with Crippen LogP contribution in [0.2, 0.25) is 0 Å². The van der Waals surface area contributed by atoms with Crippen molar-refractivity contribution in [1.82, 2.24) is 15.1 Å². The van der Waals surface area contributed by atoms with Crippen LogP contribution in [0.25, 0.3) is 6.08 Å². The molecule has 1 amide bonds. The number of rotatable bonds is 7. The van der Waals surface area contributed by atoms with Crippen molar-refractivity contribution in [1.29, 1.82) is 0 Å². The van der Waals surface area contributed by atoms with E-state index in [9.17, 15) is 4.79 Å². The lowest BCUT2D eigenvalue weighted by Crippen LogP contribution is -2.36. The average Bonchev–Trinajstić information content (AvgIpc) is 3.27. The average molecular weight is 415 g/mol. The summed E-state index contributed by atoms with van der Waals surface area (Å²) >= 11 is 0. The predicted molar refractivity (Wildman–Crippen MR) is 112 cm³/mol. The van der Waals surface area contributed by atoms with E-state index < -0.39 is 0 Å². The van der Waals surface area contributed by atoms with Gasteiger partial charge in [-0.2, -0.15) is 0 Å². The van der Waals surface area contributed by atoms with Gasteiger partial charge in [0.25, 0.3) is 0 Å². The van der Waals surface area contributed by atoms with E-state index in [1.54, 1.807) is 45.6 Å². The van der Waals surface area contributed by atoms with Gasteiger partial charge in [-0.05, 0) is 36.6 Å². The Hall–Kier alpha value is -3.03. The highest BCUT2D eigenvalue weighted by Gasteiger charge is 2.27. The summed E-state index contributed by atoms with van der Waals surface area (Å²) in [6.07, 6.45) is 4.95. The Kier molecular flexibility index (Phi) is 6.97. The van der Waals surface area contributed by atoms with Crippen molar-refractivity contribution in [3.05, 3.63) is 35.6 Å². The molecule has 0 atom stereocenters. The van der Waals surface area contributed by atoms with Crippen LogP contribution in [-0.4, -0.2) is 55.4 Å². The minimum Gasteiger partial charge on any atom is -0.493 e. The highest BCUT2D eigenvalue weighted by Crippen LogP contribution is 2.38. The molecule has 162 valence electrons. The molecule has 0 bridgehead atoms. The maximum atomic E-state index is 12.6. The molecule has 8 nitrogen and oxygen atoms in total. The molecule has 2 heterocycles. The van der Waals surface area contributed by atoms with Gasteiger partial charge in [0, 0.05) is 31.0 Å². The van der Waals surface area contributed by atoms with Crippen LogP contribution in [0, 0.1) is 0 Å². The SMILES string of the molecule is COc1cc(/C=C/C(=O)N2CCC(c3nnc(C(C)C)o3)CC2)cc(OC)c1OC. The number of benzene rings is 1. The quantitative estimate of drug-likeness (QED) is 0.638. The summed E-state index contributed by atoms with van der Waals surface area (Å²) in [5.41, 5.74) is 0.791. The van der Waals surface area contributed by atoms with E-state index in [0.717, 1.165) is 18.4 Å². The fourth-order valence-corrected chi connectivity index (χ4v) is 3.46. The summed E-state index contributed by atoms with van der Waals surface area (Å²) < 4.78 is 21.8. The second-order valence-corrected chi connectivity index (χ2v) is 7.52. The standard InChI is InChI=1S/C22H29N3O5/c1-14(2)21-23-24-22(30-21)16-8-10-25(11-9-16)19(26)7-6-15-12-17(27-3)20(29-5)18(13-15)28-4/h6-7,12-14,16H,8-11H2,1-5H3/b7-6+. The van der Waals surface area contributed by atoms with Gasteiger partial charge in [0.1, 0.15) is 0 Å². The van der Waals surface area contributed by atoms with E-state index in [1.165, 1.54) is 0 Å². The highest BCUT2D eigenvalue weighted by molar-refractivity contribution is 5.92. The summed E-state index contributed by atoms with van der Waals surface area (Å²) in [7, 11) is 4.68. The summed E-state index contributed by atoms with van der Waals surface area (Å²) in [6, 6.07) is 3.61. The molecule has 1 saturated heterocycles. The lowest BCUT2D eigenvalue weighted by Gasteiger charge is -2.29. The maximum Gasteiger partial charge on any atom is 0.246 e. The smallest absolute Gasteiger partial charge is 0.246 e. The predicted octanol–water partition coefficient (Wildman–Crippen LogP) is 3.64. The van der Waals surface area contributed by atoms with E-state index in [1.807, 2.05) is 18.7 Å². The Balaban J connectivity index is 1.62. The Bertz CT molecular complexity index is 873. The molecule has 0 unspecified atom stereocenters. The van der Waals surface area contributed by atoms with Crippen LogP contribution in [0.5, 0.6) is 17.2 Å². The first-order valence-electron chi connectivity index (χ1n) is 10.1. The summed E-state index contributed by atoms with van der Waals surface area (Å²) in [4.78, 5) is 14.5. The lowest BCUT2D eigenvalue weighted by molar-refractivity contribution is -0.127. The number of piperidine rings is 1. The third-order valence-corrected chi connectivity index (χ3v) is 5.21. The highest BCUT2D eigenvalue weighted by atomic mass is 16.5. The van der Waals surface area contributed by atoms with Crippen molar-refractivity contribution in [2.24, 2.45) is 0 Å². The number of nitrogens with zero attached hydrogens (tertiary/aromatic N) is 3. The molecule has 0 aliphatic carbocycles. The van der Waals surface area contributed by atoms with Crippen LogP contribution in [0.3, 0.4) is 0 Å². The molecule has 1 aromatic heterocycles. The van der Waals surface area contributed by atoms with Gasteiger partial charge in [0.15, 0.2) is 11.5 Å². The van der Waals surface area contributed by atoms with Crippen molar-refractivity contribution < 1.29 is 23.4 Å². The number of carbonyl (C=O) groups excluding carboxylic acids is 1. The number of ether oxygens (including phenoxy) is 3. The zero-order valence-electron chi connectivity index (χ0n) is 18.2. The fraction of sp³-hybridized carbons (Fsp3) is 0.500. The molecule has 3 rings (SSSR count). The molecule has 30 heavy (non-hydrogen) atoms. The minimum absolute atomic E-state index is 0.0319. The molecule has 0 spiro atoms. The number of hydrogen-bond acceptors (Lipinski definition) is 7. The van der Waals surface area contributed by atoms with Gasteiger partial charge in [-0.25, -0.2) is 0 Å². The molecule has 0 saturated carbocycles. The van der Waals surface area contributed by atoms with Gasteiger partial charge < -0.3 is 23.5 Å². The molecule has 1 aromatic carbocycles. The van der Waals surface area contributed by atoms with Crippen molar-refractivity contribution in [3.8, 4) is 17.2 Å². The normalized spacial score (nSPS) is 15.1. The molecule has 0 N–H and O–H groups in total. The van der Waals surface area contributed by atoms with Crippen molar-refractivity contribution in [2.75, 3.05) is 34.4 Å². The summed E-state index contributed by atoms with van der Waals surface area (Å²) in [5.74, 6) is 3.34. The number of amides is 1. The first kappa shape index (κ1) is 21.7. The molecule has 2 aromatic rings. The van der Waals surface area contributed by atoms with E-state index in [-0.39, 0.29) is 17.7 Å². The third-order valence-electron chi connectivity index (χ3n) is 5.21. The molecule has 0 radical (unpaired) electrons. The van der Waals surface area contributed by atoms with Gasteiger partial charge >= 0.3 is 0 Å². The van der Waals surface area contributed by atoms with Gasteiger partial charge in [-0.3, -0.25) is 4.79 Å². The van der Waals surface area contributed by atoms with Gasteiger partial charge in [-0.15, -0.1) is 10.2 Å². The van der Waals surface area contributed by atoms with Crippen molar-refractivity contribution in [3.63, 3.8) is 0 Å². The van der Waals surface area contributed by atoms with Crippen LogP contribution < -0.4 is 14.2 Å². The number of carbonyl (C=O) groups is 1. The Morgan fingerprint density at radius 2 is 1.73 bits per heavy atom. The fourth-order valence-electron chi connectivity index (χ4n) is 3.46. The molecule has 1 aliphatic rings. The first-order valence-corrected chi connectivity index (χ1v) is 10.1. The third kappa shape index (κ3) is 4.75. The number of methoxy groups -OCH3 is 3. The monoisotopic (exact) mass is 415 g/mol. The molecule has 8 heteroatoms. The van der Waals surface area contributed by atoms with Gasteiger partial charge in [0.2, 0.25) is 23.4 Å². The van der Waals surface area contributed by atoms with E-state index in [0.29, 0.717) is 42.1 Å². The number of aromatic nitrogens is 2. The van der Waals surface area contributed by atoms with Gasteiger partial charge in [-0.1, -0.05) is 13.8 Å². The van der Waals surface area contributed by atoms with Crippen LogP contribution in [0.4, 0.5) is 0 Å². The Morgan fingerprint density at radius 3 is 2.23 bits per heavy atom. The Morgan fingerprint density at radius 1 is 1.10 bits per heavy atom. The van der Waals surface area contributed by atoms with Crippen LogP contribution in [0.1, 0.15) is 55.9 Å². The second kappa shape index (κ2) is 9.65. The van der Waals surface area contributed by atoms with E-state index >= 15 is 0 Å². The molecular weight excluding hydrogens is 386 g/mol. The zero-order chi connectivity index (χ0) is 21.7. The topological polar surface area (TPSA) is 86.9 Å². The number of likely N-dealkylation sites (tertiary alicyclic amines) is 1. The van der Waals surface area contributed by atoms with E-state index in [2.05, 4.69) is 10.2 Å². The number of hydrogen-bond donors (Lipinski definition) is 0. The first-order chi connectivity index (χ1) is 14.5. The maximum absolute atomic E-state index is 12.6.